The normalized spacial score (nSPS) is 26.2. The maximum Gasteiger partial charge on any atom is 0.0672 e. The molecule has 2 aliphatic rings. The second-order valence-electron chi connectivity index (χ2n) is 12.0. The second-order valence-corrected chi connectivity index (χ2v) is 12.0. The van der Waals surface area contributed by atoms with E-state index >= 15 is 0 Å². The number of ether oxygens (including phenoxy) is 1. The second kappa shape index (κ2) is 12.4. The first kappa shape index (κ1) is 27.4. The average molecular weight is 541 g/mol. The molecule has 1 aliphatic heterocycles. The van der Waals surface area contributed by atoms with E-state index in [1.165, 1.54) is 22.3 Å². The number of rotatable bonds is 10. The Morgan fingerprint density at radius 1 is 0.561 bits per heavy atom. The van der Waals surface area contributed by atoms with Gasteiger partial charge in [0.2, 0.25) is 0 Å². The van der Waals surface area contributed by atoms with E-state index in [2.05, 4.69) is 146 Å². The molecule has 208 valence electrons. The highest BCUT2D eigenvalue weighted by Crippen LogP contribution is 2.64. The first-order valence-corrected chi connectivity index (χ1v) is 15.0. The number of hydrogen-bond acceptors (Lipinski definition) is 2. The van der Waals surface area contributed by atoms with E-state index in [4.69, 9.17) is 4.74 Å². The summed E-state index contributed by atoms with van der Waals surface area (Å²) >= 11 is 0. The van der Waals surface area contributed by atoms with Crippen LogP contribution in [0.4, 0.5) is 0 Å². The Morgan fingerprint density at radius 2 is 0.927 bits per heavy atom. The Hall–Kier alpha value is -3.72. The standard InChI is InChI=1S/C39H40O2/c40-37-38(27-33-19-9-3-10-20-33,25-13-23-31-15-5-1-6-16-31)35-29-41-30-36(35)39(37,28-34-21-11-4-12-22-34)26-14-24-32-17-7-2-8-18-32/h1-24,35-37,40H,25-30H2/b23-13+,24-14+/t35-,36-,38+,39+/m1/s1. The molecule has 6 rings (SSSR count). The summed E-state index contributed by atoms with van der Waals surface area (Å²) < 4.78 is 6.32. The number of aliphatic hydroxyl groups excluding tert-OH is 1. The third-order valence-corrected chi connectivity index (χ3v) is 9.61. The lowest BCUT2D eigenvalue weighted by molar-refractivity contribution is -0.0566. The molecule has 1 saturated carbocycles. The number of allylic oxidation sites excluding steroid dienone is 2. The third kappa shape index (κ3) is 5.73. The molecule has 0 radical (unpaired) electrons. The number of fused-ring (bicyclic) bond motifs is 1. The molecular formula is C39H40O2. The summed E-state index contributed by atoms with van der Waals surface area (Å²) in [6, 6.07) is 42.5. The minimum atomic E-state index is -0.491. The fourth-order valence-electron chi connectivity index (χ4n) is 7.70. The van der Waals surface area contributed by atoms with Crippen LogP contribution in [0.1, 0.15) is 35.1 Å². The van der Waals surface area contributed by atoms with E-state index in [0.29, 0.717) is 13.2 Å². The van der Waals surface area contributed by atoms with Crippen molar-refractivity contribution in [3.8, 4) is 0 Å². The molecule has 0 spiro atoms. The van der Waals surface area contributed by atoms with Gasteiger partial charge in [0.05, 0.1) is 19.3 Å². The first-order chi connectivity index (χ1) is 20.2. The largest absolute Gasteiger partial charge is 0.392 e. The van der Waals surface area contributed by atoms with Gasteiger partial charge in [-0.25, -0.2) is 0 Å². The van der Waals surface area contributed by atoms with Crippen molar-refractivity contribution < 1.29 is 9.84 Å². The van der Waals surface area contributed by atoms with E-state index in [0.717, 1.165) is 25.7 Å². The van der Waals surface area contributed by atoms with Crippen LogP contribution in [0.3, 0.4) is 0 Å². The minimum absolute atomic E-state index is 0.270. The van der Waals surface area contributed by atoms with Crippen LogP contribution in [0, 0.1) is 22.7 Å². The molecule has 4 atom stereocenters. The third-order valence-electron chi connectivity index (χ3n) is 9.61. The SMILES string of the molecule is OC1[C@@](C/C=C/c2ccccc2)(Cc2ccccc2)[C@@H]2COC[C@H]2[C@]1(C/C=C/c1ccccc1)Cc1ccccc1. The summed E-state index contributed by atoms with van der Waals surface area (Å²) in [7, 11) is 0. The molecule has 1 saturated heterocycles. The quantitative estimate of drug-likeness (QED) is 0.219. The lowest BCUT2D eigenvalue weighted by Crippen LogP contribution is -2.46. The van der Waals surface area contributed by atoms with E-state index in [1.54, 1.807) is 0 Å². The maximum absolute atomic E-state index is 12.8. The molecule has 1 aliphatic carbocycles. The van der Waals surface area contributed by atoms with Crippen molar-refractivity contribution in [2.75, 3.05) is 13.2 Å². The molecule has 4 aromatic carbocycles. The smallest absolute Gasteiger partial charge is 0.0672 e. The fourth-order valence-corrected chi connectivity index (χ4v) is 7.70. The van der Waals surface area contributed by atoms with Gasteiger partial charge in [-0.2, -0.15) is 0 Å². The van der Waals surface area contributed by atoms with Crippen molar-refractivity contribution in [1.82, 2.24) is 0 Å². The summed E-state index contributed by atoms with van der Waals surface area (Å²) in [5.74, 6) is 0.541. The highest BCUT2D eigenvalue weighted by molar-refractivity contribution is 5.50. The van der Waals surface area contributed by atoms with Crippen LogP contribution in [0.5, 0.6) is 0 Å². The van der Waals surface area contributed by atoms with E-state index in [9.17, 15) is 5.11 Å². The molecule has 0 bridgehead atoms. The Bertz CT molecular complexity index is 1320. The summed E-state index contributed by atoms with van der Waals surface area (Å²) in [6.07, 6.45) is 11.8. The van der Waals surface area contributed by atoms with Crippen molar-refractivity contribution >= 4 is 12.2 Å². The molecule has 41 heavy (non-hydrogen) atoms. The van der Waals surface area contributed by atoms with Gasteiger partial charge in [0, 0.05) is 10.8 Å². The first-order valence-electron chi connectivity index (χ1n) is 15.0. The van der Waals surface area contributed by atoms with Crippen molar-refractivity contribution in [3.63, 3.8) is 0 Å². The summed E-state index contributed by atoms with van der Waals surface area (Å²) in [6.45, 7) is 1.40. The number of aliphatic hydroxyl groups is 1. The molecular weight excluding hydrogens is 500 g/mol. The van der Waals surface area contributed by atoms with Crippen molar-refractivity contribution in [2.45, 2.75) is 31.8 Å². The van der Waals surface area contributed by atoms with Crippen LogP contribution >= 0.6 is 0 Å². The minimum Gasteiger partial charge on any atom is -0.392 e. The van der Waals surface area contributed by atoms with Crippen molar-refractivity contribution in [3.05, 3.63) is 156 Å². The summed E-state index contributed by atoms with van der Waals surface area (Å²) in [4.78, 5) is 0. The Kier molecular flexibility index (Phi) is 8.32. The number of hydrogen-bond donors (Lipinski definition) is 1. The predicted octanol–water partition coefficient (Wildman–Crippen LogP) is 8.29. The maximum atomic E-state index is 12.8. The molecule has 2 heteroatoms. The summed E-state index contributed by atoms with van der Waals surface area (Å²) in [5, 5.41) is 12.8. The molecule has 2 fully saturated rings. The Balaban J connectivity index is 1.42. The van der Waals surface area contributed by atoms with Gasteiger partial charge in [-0.05, 0) is 59.8 Å². The van der Waals surface area contributed by atoms with Gasteiger partial charge in [0.25, 0.3) is 0 Å². The van der Waals surface area contributed by atoms with E-state index in [-0.39, 0.29) is 22.7 Å². The van der Waals surface area contributed by atoms with Gasteiger partial charge in [-0.1, -0.05) is 146 Å². The van der Waals surface area contributed by atoms with Gasteiger partial charge in [-0.15, -0.1) is 0 Å². The zero-order valence-electron chi connectivity index (χ0n) is 23.7. The van der Waals surface area contributed by atoms with E-state index in [1.807, 2.05) is 0 Å². The topological polar surface area (TPSA) is 29.5 Å². The van der Waals surface area contributed by atoms with Crippen LogP contribution in [0.2, 0.25) is 0 Å². The Morgan fingerprint density at radius 3 is 1.32 bits per heavy atom. The fraction of sp³-hybridized carbons (Fsp3) is 0.282. The average Bonchev–Trinajstić information content (AvgIpc) is 3.58. The molecule has 1 heterocycles. The van der Waals surface area contributed by atoms with Crippen molar-refractivity contribution in [2.24, 2.45) is 22.7 Å². The lowest BCUT2D eigenvalue weighted by Gasteiger charge is -2.42. The highest BCUT2D eigenvalue weighted by Gasteiger charge is 2.67. The monoisotopic (exact) mass is 540 g/mol. The molecule has 0 amide bonds. The zero-order valence-corrected chi connectivity index (χ0v) is 23.7. The van der Waals surface area contributed by atoms with Crippen molar-refractivity contribution in [1.29, 1.82) is 0 Å². The number of benzene rings is 4. The van der Waals surface area contributed by atoms with Gasteiger partial charge in [0.1, 0.15) is 0 Å². The van der Waals surface area contributed by atoms with Gasteiger partial charge < -0.3 is 9.84 Å². The van der Waals surface area contributed by atoms with Gasteiger partial charge in [-0.3, -0.25) is 0 Å². The van der Waals surface area contributed by atoms with Crippen LogP contribution in [-0.2, 0) is 17.6 Å². The predicted molar refractivity (Wildman–Crippen MR) is 169 cm³/mol. The van der Waals surface area contributed by atoms with Gasteiger partial charge >= 0.3 is 0 Å². The Labute approximate surface area is 245 Å². The van der Waals surface area contributed by atoms with Crippen LogP contribution < -0.4 is 0 Å². The zero-order chi connectivity index (χ0) is 28.0. The molecule has 1 N–H and O–H groups in total. The van der Waals surface area contributed by atoms with Crippen LogP contribution in [0.25, 0.3) is 12.2 Å². The highest BCUT2D eigenvalue weighted by atomic mass is 16.5. The molecule has 2 nitrogen and oxygen atoms in total. The van der Waals surface area contributed by atoms with Crippen LogP contribution in [-0.4, -0.2) is 24.4 Å². The van der Waals surface area contributed by atoms with E-state index < -0.39 is 6.10 Å². The molecule has 0 aromatic heterocycles. The molecule has 0 unspecified atom stereocenters. The molecule has 4 aromatic rings. The van der Waals surface area contributed by atoms with Gasteiger partial charge in [0.15, 0.2) is 0 Å². The van der Waals surface area contributed by atoms with Crippen LogP contribution in [0.15, 0.2) is 133 Å². The summed E-state index contributed by atoms with van der Waals surface area (Å²) in [5.41, 5.74) is 4.28. The lowest BCUT2D eigenvalue weighted by atomic mass is 9.65.